The standard InChI is InChI=1S/C15H11ClN2O2S2/c1-8(15(19)20)22-14-12-11(6-21-13(12)17-7-18-14)9-2-4-10(16)5-3-9/h2-8H,1H3,(H,19,20)/p-1/t8-/m0/s1. The van der Waals surface area contributed by atoms with Crippen LogP contribution in [0.5, 0.6) is 0 Å². The van der Waals surface area contributed by atoms with Gasteiger partial charge in [0.05, 0.1) is 11.4 Å². The molecule has 1 atom stereocenters. The molecular formula is C15H10ClN2O2S2-. The molecule has 0 bridgehead atoms. The van der Waals surface area contributed by atoms with Crippen LogP contribution < -0.4 is 5.11 Å². The van der Waals surface area contributed by atoms with Gasteiger partial charge in [0.2, 0.25) is 0 Å². The van der Waals surface area contributed by atoms with Crippen LogP contribution in [0.15, 0.2) is 41.0 Å². The molecule has 0 aliphatic heterocycles. The van der Waals surface area contributed by atoms with Crippen molar-refractivity contribution in [2.24, 2.45) is 0 Å². The van der Waals surface area contributed by atoms with E-state index in [1.807, 2.05) is 29.6 Å². The molecule has 0 amide bonds. The lowest BCUT2D eigenvalue weighted by atomic mass is 10.1. The van der Waals surface area contributed by atoms with E-state index in [0.717, 1.165) is 21.3 Å². The second-order valence-corrected chi connectivity index (χ2v) is 7.22. The second-order valence-electron chi connectivity index (χ2n) is 4.59. The van der Waals surface area contributed by atoms with Crippen LogP contribution in [-0.2, 0) is 4.79 Å². The van der Waals surface area contributed by atoms with Gasteiger partial charge in [0.1, 0.15) is 16.2 Å². The van der Waals surface area contributed by atoms with Crippen LogP contribution in [-0.4, -0.2) is 21.2 Å². The van der Waals surface area contributed by atoms with Crippen molar-refractivity contribution in [3.8, 4) is 11.1 Å². The van der Waals surface area contributed by atoms with Crippen LogP contribution >= 0.6 is 34.7 Å². The number of carboxylic acid groups (broad SMARTS) is 1. The first-order valence-electron chi connectivity index (χ1n) is 6.42. The average Bonchev–Trinajstić information content (AvgIpc) is 2.93. The maximum absolute atomic E-state index is 11.0. The minimum absolute atomic E-state index is 0.646. The maximum Gasteiger partial charge on any atom is 0.128 e. The maximum atomic E-state index is 11.0. The van der Waals surface area contributed by atoms with Crippen LogP contribution in [0.3, 0.4) is 0 Å². The van der Waals surface area contributed by atoms with Crippen molar-refractivity contribution in [1.29, 1.82) is 0 Å². The fraction of sp³-hybridized carbons (Fsp3) is 0.133. The molecule has 2 aromatic heterocycles. The van der Waals surface area contributed by atoms with E-state index in [4.69, 9.17) is 11.6 Å². The highest BCUT2D eigenvalue weighted by atomic mass is 35.5. The molecule has 0 spiro atoms. The van der Waals surface area contributed by atoms with E-state index in [9.17, 15) is 9.90 Å². The molecule has 0 saturated carbocycles. The van der Waals surface area contributed by atoms with Gasteiger partial charge < -0.3 is 9.90 Å². The minimum atomic E-state index is -1.11. The number of carbonyl (C=O) groups excluding carboxylic acids is 1. The number of halogens is 1. The van der Waals surface area contributed by atoms with Crippen molar-refractivity contribution in [2.45, 2.75) is 17.2 Å². The van der Waals surface area contributed by atoms with E-state index >= 15 is 0 Å². The second kappa shape index (κ2) is 6.24. The van der Waals surface area contributed by atoms with Gasteiger partial charge in [-0.15, -0.1) is 11.3 Å². The van der Waals surface area contributed by atoms with E-state index in [1.54, 1.807) is 6.92 Å². The van der Waals surface area contributed by atoms with E-state index in [0.29, 0.717) is 10.0 Å². The Labute approximate surface area is 140 Å². The number of thiophene rings is 1. The number of thioether (sulfide) groups is 1. The van der Waals surface area contributed by atoms with Crippen LogP contribution in [0.25, 0.3) is 21.3 Å². The molecular weight excluding hydrogens is 340 g/mol. The Kier molecular flexibility index (Phi) is 4.33. The molecule has 1 aromatic carbocycles. The summed E-state index contributed by atoms with van der Waals surface area (Å²) in [4.78, 5) is 20.3. The molecule has 0 fully saturated rings. The lowest BCUT2D eigenvalue weighted by Crippen LogP contribution is -2.31. The van der Waals surface area contributed by atoms with E-state index in [-0.39, 0.29) is 0 Å². The zero-order valence-corrected chi connectivity index (χ0v) is 13.8. The highest BCUT2D eigenvalue weighted by Crippen LogP contribution is 2.39. The number of fused-ring (bicyclic) bond motifs is 1. The van der Waals surface area contributed by atoms with Gasteiger partial charge in [-0.05, 0) is 24.6 Å². The topological polar surface area (TPSA) is 65.9 Å². The molecule has 3 rings (SSSR count). The van der Waals surface area contributed by atoms with E-state index in [2.05, 4.69) is 9.97 Å². The largest absolute Gasteiger partial charge is 0.549 e. The Balaban J connectivity index is 2.12. The molecule has 0 radical (unpaired) electrons. The summed E-state index contributed by atoms with van der Waals surface area (Å²) < 4.78 is 0. The van der Waals surface area contributed by atoms with Crippen molar-refractivity contribution < 1.29 is 9.90 Å². The number of hydrogen-bond donors (Lipinski definition) is 0. The predicted molar refractivity (Wildman–Crippen MR) is 88.2 cm³/mol. The van der Waals surface area contributed by atoms with Crippen molar-refractivity contribution >= 4 is 50.9 Å². The van der Waals surface area contributed by atoms with Gasteiger partial charge in [-0.3, -0.25) is 0 Å². The number of rotatable bonds is 4. The first kappa shape index (κ1) is 15.3. The number of aliphatic carboxylic acids is 1. The summed E-state index contributed by atoms with van der Waals surface area (Å²) in [5, 5.41) is 14.5. The lowest BCUT2D eigenvalue weighted by molar-refractivity contribution is -0.304. The fourth-order valence-electron chi connectivity index (χ4n) is 1.99. The highest BCUT2D eigenvalue weighted by molar-refractivity contribution is 8.00. The summed E-state index contributed by atoms with van der Waals surface area (Å²) >= 11 is 8.60. The summed E-state index contributed by atoms with van der Waals surface area (Å²) in [5.74, 6) is -1.11. The highest BCUT2D eigenvalue weighted by Gasteiger charge is 2.16. The third-order valence-corrected chi connectivity index (χ3v) is 5.33. The molecule has 0 unspecified atom stereocenters. The van der Waals surface area contributed by atoms with Crippen LogP contribution in [0.4, 0.5) is 0 Å². The molecule has 112 valence electrons. The SMILES string of the molecule is C[C@H](Sc1ncnc2scc(-c3ccc(Cl)cc3)c12)C(=O)[O-]. The number of nitrogens with zero attached hydrogens (tertiary/aromatic N) is 2. The molecule has 0 aliphatic rings. The van der Waals surface area contributed by atoms with Crippen LogP contribution in [0.2, 0.25) is 5.02 Å². The molecule has 7 heteroatoms. The van der Waals surface area contributed by atoms with Gasteiger partial charge in [-0.1, -0.05) is 35.5 Å². The zero-order valence-electron chi connectivity index (χ0n) is 11.4. The Bertz CT molecular complexity index is 833. The van der Waals surface area contributed by atoms with Crippen molar-refractivity contribution in [1.82, 2.24) is 9.97 Å². The first-order valence-corrected chi connectivity index (χ1v) is 8.55. The molecule has 0 aliphatic carbocycles. The van der Waals surface area contributed by atoms with Crippen molar-refractivity contribution in [3.63, 3.8) is 0 Å². The third kappa shape index (κ3) is 2.95. The van der Waals surface area contributed by atoms with Gasteiger partial charge >= 0.3 is 0 Å². The number of benzene rings is 1. The smallest absolute Gasteiger partial charge is 0.128 e. The van der Waals surface area contributed by atoms with Gasteiger partial charge in [0, 0.05) is 21.2 Å². The molecule has 3 aromatic rings. The van der Waals surface area contributed by atoms with Crippen molar-refractivity contribution in [3.05, 3.63) is 41.0 Å². The summed E-state index contributed by atoms with van der Waals surface area (Å²) in [6, 6.07) is 7.49. The summed E-state index contributed by atoms with van der Waals surface area (Å²) in [7, 11) is 0. The number of carbonyl (C=O) groups is 1. The Morgan fingerprint density at radius 3 is 2.73 bits per heavy atom. The Morgan fingerprint density at radius 1 is 1.32 bits per heavy atom. The van der Waals surface area contributed by atoms with E-state index in [1.165, 1.54) is 29.4 Å². The van der Waals surface area contributed by atoms with Gasteiger partial charge in [-0.2, -0.15) is 0 Å². The lowest BCUT2D eigenvalue weighted by Gasteiger charge is -2.12. The Hall–Kier alpha value is -1.63. The van der Waals surface area contributed by atoms with Crippen LogP contribution in [0, 0.1) is 0 Å². The minimum Gasteiger partial charge on any atom is -0.549 e. The third-order valence-electron chi connectivity index (χ3n) is 3.11. The summed E-state index contributed by atoms with van der Waals surface area (Å²) in [6.07, 6.45) is 1.45. The van der Waals surface area contributed by atoms with Gasteiger partial charge in [0.25, 0.3) is 0 Å². The van der Waals surface area contributed by atoms with E-state index < -0.39 is 11.2 Å². The number of aromatic nitrogens is 2. The predicted octanol–water partition coefficient (Wildman–Crippen LogP) is 3.24. The molecule has 0 N–H and O–H groups in total. The quantitative estimate of drug-likeness (QED) is 0.534. The van der Waals surface area contributed by atoms with Crippen molar-refractivity contribution in [2.75, 3.05) is 0 Å². The molecule has 2 heterocycles. The summed E-state index contributed by atoms with van der Waals surface area (Å²) in [6.45, 7) is 1.59. The van der Waals surface area contributed by atoms with Gasteiger partial charge in [-0.25, -0.2) is 9.97 Å². The summed E-state index contributed by atoms with van der Waals surface area (Å²) in [5.41, 5.74) is 1.97. The monoisotopic (exact) mass is 349 g/mol. The Morgan fingerprint density at radius 2 is 2.05 bits per heavy atom. The van der Waals surface area contributed by atoms with Crippen LogP contribution in [0.1, 0.15) is 6.92 Å². The molecule has 0 saturated heterocycles. The number of carboxylic acids is 1. The average molecular weight is 350 g/mol. The zero-order chi connectivity index (χ0) is 15.7. The molecule has 4 nitrogen and oxygen atoms in total. The first-order chi connectivity index (χ1) is 10.6. The fourth-order valence-corrected chi connectivity index (χ4v) is 3.96. The van der Waals surface area contributed by atoms with Gasteiger partial charge in [0.15, 0.2) is 0 Å². The normalized spacial score (nSPS) is 12.5. The number of hydrogen-bond acceptors (Lipinski definition) is 6. The molecule has 22 heavy (non-hydrogen) atoms.